The first-order chi connectivity index (χ1) is 12.7. The van der Waals surface area contributed by atoms with Gasteiger partial charge in [0.25, 0.3) is 5.91 Å². The maximum atomic E-state index is 12.7. The number of carbonyl (C=O) groups excluding carboxylic acids is 2. The van der Waals surface area contributed by atoms with E-state index in [4.69, 9.17) is 0 Å². The molecule has 6 heteroatoms. The van der Waals surface area contributed by atoms with E-state index in [0.717, 1.165) is 24.1 Å². The number of para-hydroxylation sites is 1. The molecular weight excluding hydrogens is 328 g/mol. The molecule has 4 rings (SSSR count). The van der Waals surface area contributed by atoms with Crippen molar-refractivity contribution in [3.63, 3.8) is 0 Å². The van der Waals surface area contributed by atoms with Gasteiger partial charge in [-0.15, -0.1) is 0 Å². The lowest BCUT2D eigenvalue weighted by Gasteiger charge is -2.44. The second kappa shape index (κ2) is 6.78. The highest BCUT2D eigenvalue weighted by atomic mass is 16.2. The minimum atomic E-state index is -0.310. The van der Waals surface area contributed by atoms with Crippen molar-refractivity contribution in [3.8, 4) is 0 Å². The van der Waals surface area contributed by atoms with Gasteiger partial charge in [-0.25, -0.2) is 0 Å². The molecule has 2 aliphatic heterocycles. The van der Waals surface area contributed by atoms with E-state index in [0.29, 0.717) is 31.6 Å². The summed E-state index contributed by atoms with van der Waals surface area (Å²) >= 11 is 0. The monoisotopic (exact) mass is 350 g/mol. The third kappa shape index (κ3) is 3.27. The van der Waals surface area contributed by atoms with Crippen LogP contribution in [0.2, 0.25) is 0 Å². The van der Waals surface area contributed by atoms with Gasteiger partial charge >= 0.3 is 0 Å². The third-order valence-corrected chi connectivity index (χ3v) is 5.33. The summed E-state index contributed by atoms with van der Waals surface area (Å²) in [5.41, 5.74) is 2.51. The summed E-state index contributed by atoms with van der Waals surface area (Å²) < 4.78 is 0. The Morgan fingerprint density at radius 3 is 2.58 bits per heavy atom. The number of rotatable bonds is 1. The Morgan fingerprint density at radius 1 is 1.08 bits per heavy atom. The molecule has 0 radical (unpaired) electrons. The van der Waals surface area contributed by atoms with Crippen LogP contribution >= 0.6 is 0 Å². The summed E-state index contributed by atoms with van der Waals surface area (Å²) in [4.78, 5) is 30.8. The number of nitrogens with one attached hydrogen (secondary N) is 2. The number of amides is 2. The van der Waals surface area contributed by atoms with Gasteiger partial charge in [0, 0.05) is 55.2 Å². The summed E-state index contributed by atoms with van der Waals surface area (Å²) in [6.07, 6.45) is 5.18. The van der Waals surface area contributed by atoms with Gasteiger partial charge in [-0.1, -0.05) is 18.2 Å². The lowest BCUT2D eigenvalue weighted by Crippen LogP contribution is -2.53. The first-order valence-electron chi connectivity index (χ1n) is 8.97. The van der Waals surface area contributed by atoms with Gasteiger partial charge in [0.1, 0.15) is 0 Å². The molecule has 2 aliphatic rings. The molecule has 2 amide bonds. The van der Waals surface area contributed by atoms with Crippen LogP contribution in [0.1, 0.15) is 35.2 Å². The zero-order valence-corrected chi connectivity index (χ0v) is 14.6. The van der Waals surface area contributed by atoms with Crippen LogP contribution in [0.25, 0.3) is 0 Å². The molecule has 1 aromatic carbocycles. The maximum Gasteiger partial charge on any atom is 0.253 e. The van der Waals surface area contributed by atoms with Crippen molar-refractivity contribution in [1.29, 1.82) is 0 Å². The van der Waals surface area contributed by atoms with Crippen molar-refractivity contribution in [2.24, 2.45) is 0 Å². The highest BCUT2D eigenvalue weighted by molar-refractivity contribution is 5.94. The highest BCUT2D eigenvalue weighted by Crippen LogP contribution is 2.33. The molecule has 26 heavy (non-hydrogen) atoms. The Balaban J connectivity index is 1.52. The predicted octanol–water partition coefficient (Wildman–Crippen LogP) is 2.19. The molecule has 1 spiro atoms. The smallest absolute Gasteiger partial charge is 0.253 e. The number of anilines is 1. The van der Waals surface area contributed by atoms with E-state index in [1.165, 1.54) is 0 Å². The molecule has 0 bridgehead atoms. The summed E-state index contributed by atoms with van der Waals surface area (Å²) in [7, 11) is 0. The van der Waals surface area contributed by atoms with Gasteiger partial charge in [-0.2, -0.15) is 0 Å². The summed E-state index contributed by atoms with van der Waals surface area (Å²) in [6, 6.07) is 11.6. The van der Waals surface area contributed by atoms with E-state index >= 15 is 0 Å². The average molecular weight is 350 g/mol. The van der Waals surface area contributed by atoms with Crippen LogP contribution in [-0.2, 0) is 11.3 Å². The Bertz CT molecular complexity index is 814. The largest absolute Gasteiger partial charge is 0.379 e. The van der Waals surface area contributed by atoms with Crippen LogP contribution in [-0.4, -0.2) is 40.3 Å². The molecule has 0 atom stereocenters. The Labute approximate surface area is 152 Å². The first kappa shape index (κ1) is 16.6. The van der Waals surface area contributed by atoms with Crippen molar-refractivity contribution in [2.75, 3.05) is 18.4 Å². The predicted molar refractivity (Wildman–Crippen MR) is 98.6 cm³/mol. The molecule has 1 saturated heterocycles. The second-order valence-corrected chi connectivity index (χ2v) is 7.04. The molecule has 1 fully saturated rings. The fourth-order valence-corrected chi connectivity index (χ4v) is 3.81. The van der Waals surface area contributed by atoms with E-state index in [1.807, 2.05) is 23.1 Å². The quantitative estimate of drug-likeness (QED) is 0.827. The van der Waals surface area contributed by atoms with Crippen LogP contribution in [0.4, 0.5) is 5.69 Å². The van der Waals surface area contributed by atoms with E-state index in [-0.39, 0.29) is 17.4 Å². The van der Waals surface area contributed by atoms with Crippen LogP contribution < -0.4 is 10.6 Å². The number of piperidine rings is 1. The summed E-state index contributed by atoms with van der Waals surface area (Å²) in [5.74, 6) is 0.0823. The van der Waals surface area contributed by atoms with Crippen LogP contribution in [0.5, 0.6) is 0 Å². The molecule has 134 valence electrons. The van der Waals surface area contributed by atoms with Gasteiger partial charge in [-0.05, 0) is 36.6 Å². The number of hydrogen-bond acceptors (Lipinski definition) is 4. The molecule has 3 heterocycles. The van der Waals surface area contributed by atoms with E-state index in [9.17, 15) is 9.59 Å². The second-order valence-electron chi connectivity index (χ2n) is 7.04. The van der Waals surface area contributed by atoms with Crippen molar-refractivity contribution < 1.29 is 9.59 Å². The number of benzene rings is 1. The highest BCUT2D eigenvalue weighted by Gasteiger charge is 2.39. The molecule has 0 saturated carbocycles. The Hall–Kier alpha value is -2.89. The standard InChI is InChI=1S/C20H22N4O2/c25-18-13-20(23-17-4-2-1-3-16(17)14-22-18)7-11-24(12-8-20)19(26)15-5-9-21-10-6-15/h1-6,9-10,23H,7-8,11-14H2,(H,22,25). The number of fused-ring (bicyclic) bond motifs is 1. The van der Waals surface area contributed by atoms with Crippen molar-refractivity contribution in [3.05, 3.63) is 59.9 Å². The fourth-order valence-electron chi connectivity index (χ4n) is 3.81. The van der Waals surface area contributed by atoms with E-state index < -0.39 is 0 Å². The number of carbonyl (C=O) groups is 2. The molecular formula is C20H22N4O2. The molecule has 2 aromatic rings. The minimum absolute atomic E-state index is 0.0259. The molecule has 6 nitrogen and oxygen atoms in total. The fraction of sp³-hybridized carbons (Fsp3) is 0.350. The Kier molecular flexibility index (Phi) is 4.32. The van der Waals surface area contributed by atoms with Crippen LogP contribution in [0.3, 0.4) is 0 Å². The zero-order chi connectivity index (χ0) is 18.0. The molecule has 0 aliphatic carbocycles. The van der Waals surface area contributed by atoms with Gasteiger partial charge in [-0.3, -0.25) is 14.6 Å². The minimum Gasteiger partial charge on any atom is -0.379 e. The topological polar surface area (TPSA) is 74.3 Å². The number of pyridine rings is 1. The maximum absolute atomic E-state index is 12.7. The van der Waals surface area contributed by atoms with Crippen molar-refractivity contribution >= 4 is 17.5 Å². The Morgan fingerprint density at radius 2 is 1.81 bits per heavy atom. The third-order valence-electron chi connectivity index (χ3n) is 5.33. The van der Waals surface area contributed by atoms with Crippen molar-refractivity contribution in [2.45, 2.75) is 31.3 Å². The van der Waals surface area contributed by atoms with Crippen LogP contribution in [0.15, 0.2) is 48.8 Å². The summed E-state index contributed by atoms with van der Waals surface area (Å²) in [6.45, 7) is 1.80. The summed E-state index contributed by atoms with van der Waals surface area (Å²) in [5, 5.41) is 6.64. The van der Waals surface area contributed by atoms with E-state index in [2.05, 4.69) is 21.7 Å². The lowest BCUT2D eigenvalue weighted by atomic mass is 9.82. The number of likely N-dealkylation sites (tertiary alicyclic amines) is 1. The normalized spacial score (nSPS) is 18.9. The van der Waals surface area contributed by atoms with Gasteiger partial charge in [0.15, 0.2) is 0 Å². The average Bonchev–Trinajstić information content (AvgIpc) is 2.67. The van der Waals surface area contributed by atoms with Crippen molar-refractivity contribution in [1.82, 2.24) is 15.2 Å². The lowest BCUT2D eigenvalue weighted by molar-refractivity contribution is -0.122. The number of nitrogens with zero attached hydrogens (tertiary/aromatic N) is 2. The van der Waals surface area contributed by atoms with Crippen LogP contribution in [0, 0.1) is 0 Å². The molecule has 0 unspecified atom stereocenters. The van der Waals surface area contributed by atoms with E-state index in [1.54, 1.807) is 24.5 Å². The molecule has 1 aromatic heterocycles. The van der Waals surface area contributed by atoms with Gasteiger partial charge in [0.2, 0.25) is 5.91 Å². The van der Waals surface area contributed by atoms with Gasteiger partial charge in [0.05, 0.1) is 0 Å². The SMILES string of the molecule is O=C1CC2(CCN(C(=O)c3ccncc3)CC2)Nc2ccccc2CN1. The number of aromatic nitrogens is 1. The zero-order valence-electron chi connectivity index (χ0n) is 14.6. The number of hydrogen-bond donors (Lipinski definition) is 2. The van der Waals surface area contributed by atoms with Gasteiger partial charge < -0.3 is 15.5 Å². The first-order valence-corrected chi connectivity index (χ1v) is 8.97. The molecule has 2 N–H and O–H groups in total.